The molecule has 0 atom stereocenters. The van der Waals surface area contributed by atoms with Crippen LogP contribution in [0, 0.1) is 5.82 Å². The molecule has 1 heterocycles. The van der Waals surface area contributed by atoms with Gasteiger partial charge in [0.05, 0.1) is 18.7 Å². The van der Waals surface area contributed by atoms with Crippen LogP contribution in [0.2, 0.25) is 5.02 Å². The van der Waals surface area contributed by atoms with Gasteiger partial charge in [-0.3, -0.25) is 14.5 Å². The van der Waals surface area contributed by atoms with Crippen LogP contribution in [-0.2, 0) is 16.1 Å². The maximum atomic E-state index is 13.3. The van der Waals surface area contributed by atoms with Crippen molar-refractivity contribution in [1.29, 1.82) is 0 Å². The number of nitrogens with zero attached hydrogens (tertiary/aromatic N) is 2. The molecule has 1 N–H and O–H groups in total. The molecular formula is C20H18ClFN2O3. The second-order valence-electron chi connectivity index (χ2n) is 6.20. The summed E-state index contributed by atoms with van der Waals surface area (Å²) in [6.07, 6.45) is 0. The Bertz CT molecular complexity index is 894. The molecule has 0 aliphatic carbocycles. The number of hydrogen-bond donors (Lipinski definition) is 1. The summed E-state index contributed by atoms with van der Waals surface area (Å²) in [5.74, 6) is -1.34. The number of halogens is 2. The molecule has 0 spiro atoms. The van der Waals surface area contributed by atoms with Gasteiger partial charge in [0.1, 0.15) is 11.5 Å². The van der Waals surface area contributed by atoms with Crippen molar-refractivity contribution in [3.05, 3.63) is 76.2 Å². The van der Waals surface area contributed by atoms with Gasteiger partial charge >= 0.3 is 0 Å². The Morgan fingerprint density at radius 3 is 2.26 bits per heavy atom. The maximum Gasteiger partial charge on any atom is 0.278 e. The largest absolute Gasteiger partial charge is 0.395 e. The standard InChI is InChI=1S/C20H18ClFN2O3/c1-23(10-11-25)18-17(14-4-8-16(22)9-5-14)19(26)24(20(18)27)12-13-2-6-15(21)7-3-13/h2-9,25H,10-12H2,1H3. The number of amides is 2. The first-order valence-corrected chi connectivity index (χ1v) is 8.73. The average Bonchev–Trinajstić information content (AvgIpc) is 2.89. The number of rotatable bonds is 6. The Morgan fingerprint density at radius 1 is 1.04 bits per heavy atom. The van der Waals surface area contributed by atoms with E-state index < -0.39 is 17.6 Å². The molecule has 1 aliphatic rings. The molecular weight excluding hydrogens is 371 g/mol. The number of hydrogen-bond acceptors (Lipinski definition) is 4. The van der Waals surface area contributed by atoms with Gasteiger partial charge in [0, 0.05) is 18.6 Å². The van der Waals surface area contributed by atoms with E-state index >= 15 is 0 Å². The predicted molar refractivity (Wildman–Crippen MR) is 100 cm³/mol. The summed E-state index contributed by atoms with van der Waals surface area (Å²) in [7, 11) is 1.63. The van der Waals surface area contributed by atoms with E-state index in [1.807, 2.05) is 0 Å². The van der Waals surface area contributed by atoms with Gasteiger partial charge in [-0.2, -0.15) is 0 Å². The van der Waals surface area contributed by atoms with Crippen LogP contribution in [0.3, 0.4) is 0 Å². The van der Waals surface area contributed by atoms with E-state index in [9.17, 15) is 19.1 Å². The second kappa shape index (κ2) is 7.90. The molecule has 0 unspecified atom stereocenters. The van der Waals surface area contributed by atoms with Gasteiger partial charge in [0.15, 0.2) is 0 Å². The van der Waals surface area contributed by atoms with E-state index in [0.717, 1.165) is 10.5 Å². The highest BCUT2D eigenvalue weighted by atomic mass is 35.5. The zero-order valence-electron chi connectivity index (χ0n) is 14.7. The van der Waals surface area contributed by atoms with Crippen molar-refractivity contribution in [2.45, 2.75) is 6.54 Å². The van der Waals surface area contributed by atoms with E-state index in [0.29, 0.717) is 10.6 Å². The molecule has 0 bridgehead atoms. The molecule has 2 aromatic rings. The fraction of sp³-hybridized carbons (Fsp3) is 0.200. The number of likely N-dealkylation sites (N-methyl/N-ethyl adjacent to an activating group) is 1. The van der Waals surface area contributed by atoms with Crippen LogP contribution in [-0.4, -0.2) is 46.9 Å². The Morgan fingerprint density at radius 2 is 1.67 bits per heavy atom. The predicted octanol–water partition coefficient (Wildman–Crippen LogP) is 2.68. The third-order valence-corrected chi connectivity index (χ3v) is 4.60. The summed E-state index contributed by atoms with van der Waals surface area (Å²) >= 11 is 5.88. The lowest BCUT2D eigenvalue weighted by atomic mass is 10.0. The summed E-state index contributed by atoms with van der Waals surface area (Å²) in [4.78, 5) is 28.7. The van der Waals surface area contributed by atoms with Gasteiger partial charge in [-0.25, -0.2) is 4.39 Å². The van der Waals surface area contributed by atoms with Crippen LogP contribution in [0.25, 0.3) is 5.57 Å². The minimum Gasteiger partial charge on any atom is -0.395 e. The number of benzene rings is 2. The second-order valence-corrected chi connectivity index (χ2v) is 6.64. The minimum atomic E-state index is -0.457. The van der Waals surface area contributed by atoms with Crippen LogP contribution in [0.15, 0.2) is 54.2 Å². The van der Waals surface area contributed by atoms with E-state index in [-0.39, 0.29) is 31.0 Å². The van der Waals surface area contributed by atoms with E-state index in [1.54, 1.807) is 36.2 Å². The maximum absolute atomic E-state index is 13.3. The first-order valence-electron chi connectivity index (χ1n) is 8.35. The molecule has 2 aromatic carbocycles. The first kappa shape index (κ1) is 19.1. The Labute approximate surface area is 161 Å². The number of carbonyl (C=O) groups excluding carboxylic acids is 2. The summed E-state index contributed by atoms with van der Waals surface area (Å²) in [5.41, 5.74) is 1.60. The third-order valence-electron chi connectivity index (χ3n) is 4.35. The summed E-state index contributed by atoms with van der Waals surface area (Å²) in [6.45, 7) is 0.110. The van der Waals surface area contributed by atoms with Crippen LogP contribution in [0.4, 0.5) is 4.39 Å². The van der Waals surface area contributed by atoms with Gasteiger partial charge in [-0.05, 0) is 35.4 Å². The Balaban J connectivity index is 1.99. The zero-order chi connectivity index (χ0) is 19.6. The SMILES string of the molecule is CN(CCO)C1=C(c2ccc(F)cc2)C(=O)N(Cc2ccc(Cl)cc2)C1=O. The quantitative estimate of drug-likeness (QED) is 0.773. The fourth-order valence-corrected chi connectivity index (χ4v) is 3.10. The van der Waals surface area contributed by atoms with Gasteiger partial charge < -0.3 is 10.0 Å². The monoisotopic (exact) mass is 388 g/mol. The van der Waals surface area contributed by atoms with Gasteiger partial charge in [0.25, 0.3) is 11.8 Å². The Hall–Kier alpha value is -2.70. The molecule has 140 valence electrons. The van der Waals surface area contributed by atoms with Crippen molar-refractivity contribution in [2.75, 3.05) is 20.2 Å². The van der Waals surface area contributed by atoms with Gasteiger partial charge in [-0.1, -0.05) is 35.9 Å². The highest BCUT2D eigenvalue weighted by Crippen LogP contribution is 2.32. The summed E-state index contributed by atoms with van der Waals surface area (Å²) in [5, 5.41) is 9.79. The molecule has 0 fully saturated rings. The van der Waals surface area contributed by atoms with E-state index in [2.05, 4.69) is 0 Å². The van der Waals surface area contributed by atoms with E-state index in [1.165, 1.54) is 24.3 Å². The summed E-state index contributed by atoms with van der Waals surface area (Å²) < 4.78 is 13.3. The van der Waals surface area contributed by atoms with Crippen LogP contribution in [0.5, 0.6) is 0 Å². The smallest absolute Gasteiger partial charge is 0.278 e. The number of carbonyl (C=O) groups is 2. The van der Waals surface area contributed by atoms with Crippen molar-refractivity contribution in [3.63, 3.8) is 0 Å². The number of imide groups is 1. The topological polar surface area (TPSA) is 60.9 Å². The highest BCUT2D eigenvalue weighted by molar-refractivity contribution is 6.35. The van der Waals surface area contributed by atoms with Crippen molar-refractivity contribution < 1.29 is 19.1 Å². The zero-order valence-corrected chi connectivity index (χ0v) is 15.4. The van der Waals surface area contributed by atoms with E-state index in [4.69, 9.17) is 11.6 Å². The molecule has 1 aliphatic heterocycles. The van der Waals surface area contributed by atoms with Crippen LogP contribution < -0.4 is 0 Å². The van der Waals surface area contributed by atoms with Gasteiger partial charge in [0.2, 0.25) is 0 Å². The molecule has 7 heteroatoms. The molecule has 0 saturated heterocycles. The molecule has 5 nitrogen and oxygen atoms in total. The molecule has 3 rings (SSSR count). The van der Waals surface area contributed by atoms with Crippen LogP contribution in [0.1, 0.15) is 11.1 Å². The van der Waals surface area contributed by atoms with Crippen molar-refractivity contribution in [3.8, 4) is 0 Å². The lowest BCUT2D eigenvalue weighted by Gasteiger charge is -2.20. The highest BCUT2D eigenvalue weighted by Gasteiger charge is 2.40. The lowest BCUT2D eigenvalue weighted by molar-refractivity contribution is -0.138. The normalized spacial score (nSPS) is 14.3. The van der Waals surface area contributed by atoms with Crippen LogP contribution >= 0.6 is 11.6 Å². The first-order chi connectivity index (χ1) is 12.9. The third kappa shape index (κ3) is 3.86. The minimum absolute atomic E-state index is 0.0932. The van der Waals surface area contributed by atoms with Crippen molar-refractivity contribution >= 4 is 29.0 Å². The molecule has 27 heavy (non-hydrogen) atoms. The number of aliphatic hydroxyl groups excluding tert-OH is 1. The van der Waals surface area contributed by atoms with Crippen molar-refractivity contribution in [1.82, 2.24) is 9.80 Å². The Kier molecular flexibility index (Phi) is 5.58. The van der Waals surface area contributed by atoms with Gasteiger partial charge in [-0.15, -0.1) is 0 Å². The molecule has 0 saturated carbocycles. The van der Waals surface area contributed by atoms with Crippen molar-refractivity contribution in [2.24, 2.45) is 0 Å². The molecule has 2 amide bonds. The number of aliphatic hydroxyl groups is 1. The average molecular weight is 389 g/mol. The molecule has 0 aromatic heterocycles. The summed E-state index contributed by atoms with van der Waals surface area (Å²) in [6, 6.07) is 12.3. The molecule has 0 radical (unpaired) electrons. The fourth-order valence-electron chi connectivity index (χ4n) is 2.97. The lowest BCUT2D eigenvalue weighted by Crippen LogP contribution is -2.34.